The number of nitrogens with zero attached hydrogens (tertiary/aromatic N) is 4. The first-order chi connectivity index (χ1) is 10.6. The number of amides is 3. The maximum atomic E-state index is 12.5. The number of hydrogen-bond donors (Lipinski definition) is 0. The molecule has 3 aliphatic rings. The Bertz CT molecular complexity index is 590. The smallest absolute Gasteiger partial charge is 0.303 e. The maximum Gasteiger partial charge on any atom is 0.445 e. The highest BCUT2D eigenvalue weighted by atomic mass is 32.2. The number of allylic oxidation sites excluding steroid dienone is 1. The van der Waals surface area contributed by atoms with Gasteiger partial charge in [0.25, 0.3) is 5.84 Å². The number of urea groups is 1. The minimum atomic E-state index is -0.429. The predicted molar refractivity (Wildman–Crippen MR) is 87.6 cm³/mol. The molecule has 7 heteroatoms. The van der Waals surface area contributed by atoms with Gasteiger partial charge in [-0.2, -0.15) is 9.48 Å². The number of hydrogen-bond acceptors (Lipinski definition) is 5. The van der Waals surface area contributed by atoms with Crippen LogP contribution in [0.25, 0.3) is 0 Å². The first kappa shape index (κ1) is 15.4. The summed E-state index contributed by atoms with van der Waals surface area (Å²) in [5.41, 5.74) is 0. The van der Waals surface area contributed by atoms with Gasteiger partial charge >= 0.3 is 11.9 Å². The lowest BCUT2D eigenvalue weighted by Gasteiger charge is -2.26. The zero-order valence-corrected chi connectivity index (χ0v) is 13.8. The minimum Gasteiger partial charge on any atom is -0.303 e. The number of carbonyl (C=O) groups is 2. The lowest BCUT2D eigenvalue weighted by molar-refractivity contribution is -0.407. The van der Waals surface area contributed by atoms with Gasteiger partial charge in [-0.15, -0.1) is 16.8 Å². The van der Waals surface area contributed by atoms with Crippen LogP contribution >= 0.6 is 11.8 Å². The standard InChI is InChI=1S/C15H21N4O2S/c1-17-13-12(14(20)18(2)15(17)21)11(5-6-16-13)22-10-9-19-7-3-4-8-19/h5-6,12H,3-4,7-10H2,1-2H3/q+1. The molecule has 1 unspecified atom stereocenters. The molecule has 1 atom stereocenters. The Morgan fingerprint density at radius 3 is 2.82 bits per heavy atom. The van der Waals surface area contributed by atoms with Crippen molar-refractivity contribution in [2.45, 2.75) is 12.8 Å². The van der Waals surface area contributed by atoms with E-state index in [0.29, 0.717) is 5.84 Å². The first-order valence-corrected chi connectivity index (χ1v) is 8.59. The molecule has 0 saturated carbocycles. The second-order valence-electron chi connectivity index (χ2n) is 5.77. The van der Waals surface area contributed by atoms with Crippen molar-refractivity contribution < 1.29 is 14.2 Å². The van der Waals surface area contributed by atoms with Gasteiger partial charge in [-0.3, -0.25) is 4.79 Å². The molecule has 22 heavy (non-hydrogen) atoms. The highest BCUT2D eigenvalue weighted by molar-refractivity contribution is 8.03. The third-order valence-corrected chi connectivity index (χ3v) is 5.45. The van der Waals surface area contributed by atoms with Gasteiger partial charge < -0.3 is 4.90 Å². The van der Waals surface area contributed by atoms with E-state index in [0.717, 1.165) is 17.2 Å². The maximum absolute atomic E-state index is 12.5. The Morgan fingerprint density at radius 2 is 2.09 bits per heavy atom. The van der Waals surface area contributed by atoms with Crippen molar-refractivity contribution in [3.63, 3.8) is 0 Å². The quantitative estimate of drug-likeness (QED) is 0.726. The van der Waals surface area contributed by atoms with Crippen molar-refractivity contribution in [3.8, 4) is 0 Å². The van der Waals surface area contributed by atoms with Crippen LogP contribution in [0.3, 0.4) is 0 Å². The molecule has 3 heterocycles. The van der Waals surface area contributed by atoms with E-state index in [-0.39, 0.29) is 11.9 Å². The average molecular weight is 321 g/mol. The molecule has 0 spiro atoms. The zero-order valence-electron chi connectivity index (χ0n) is 13.0. The molecule has 1 fully saturated rings. The fourth-order valence-corrected chi connectivity index (χ4v) is 4.15. The van der Waals surface area contributed by atoms with Crippen LogP contribution in [0.15, 0.2) is 16.0 Å². The molecule has 0 aromatic rings. The van der Waals surface area contributed by atoms with E-state index in [1.54, 1.807) is 25.0 Å². The van der Waals surface area contributed by atoms with Crippen LogP contribution in [0.5, 0.6) is 0 Å². The van der Waals surface area contributed by atoms with Crippen LogP contribution < -0.4 is 0 Å². The van der Waals surface area contributed by atoms with Crippen LogP contribution in [0.1, 0.15) is 12.8 Å². The van der Waals surface area contributed by atoms with Gasteiger partial charge in [0.05, 0.1) is 14.1 Å². The molecule has 3 rings (SSSR count). The second kappa shape index (κ2) is 6.34. The second-order valence-corrected chi connectivity index (χ2v) is 6.94. The molecule has 0 aromatic heterocycles. The number of rotatable bonds is 4. The van der Waals surface area contributed by atoms with Crippen molar-refractivity contribution >= 4 is 35.8 Å². The topological polar surface area (TPSA) is 56.0 Å². The molecule has 1 saturated heterocycles. The zero-order chi connectivity index (χ0) is 15.7. The van der Waals surface area contributed by atoms with Gasteiger partial charge in [0.2, 0.25) is 0 Å². The van der Waals surface area contributed by atoms with Gasteiger partial charge in [-0.25, -0.2) is 4.79 Å². The number of likely N-dealkylation sites (tertiary alicyclic amines) is 1. The summed E-state index contributed by atoms with van der Waals surface area (Å²) >= 11 is 1.70. The van der Waals surface area contributed by atoms with Crippen molar-refractivity contribution in [2.75, 3.05) is 39.5 Å². The van der Waals surface area contributed by atoms with E-state index >= 15 is 0 Å². The molecule has 3 amide bonds. The fourth-order valence-electron chi connectivity index (χ4n) is 3.04. The van der Waals surface area contributed by atoms with E-state index < -0.39 is 5.92 Å². The summed E-state index contributed by atoms with van der Waals surface area (Å²) in [6, 6.07) is -0.322. The molecule has 6 nitrogen and oxygen atoms in total. The van der Waals surface area contributed by atoms with Gasteiger partial charge in [-0.05, 0) is 32.0 Å². The summed E-state index contributed by atoms with van der Waals surface area (Å²) in [5.74, 6) is 0.883. The lowest BCUT2D eigenvalue weighted by atomic mass is 10.0. The summed E-state index contributed by atoms with van der Waals surface area (Å²) in [4.78, 5) is 33.3. The summed E-state index contributed by atoms with van der Waals surface area (Å²) in [6.07, 6.45) is 6.16. The molecule has 0 radical (unpaired) electrons. The number of carbonyl (C=O) groups excluding carboxylic acids is 2. The summed E-state index contributed by atoms with van der Waals surface area (Å²) < 4.78 is 1.47. The fraction of sp³-hybridized carbons (Fsp3) is 0.600. The van der Waals surface area contributed by atoms with Crippen LogP contribution in [-0.4, -0.2) is 77.8 Å². The molecule has 0 aliphatic carbocycles. The Balaban J connectivity index is 1.72. The Kier molecular flexibility index (Phi) is 4.44. The third kappa shape index (κ3) is 2.75. The Hall–Kier alpha value is -1.47. The number of aliphatic imine (C=N–C) groups is 1. The normalized spacial score (nSPS) is 25.8. The SMILES string of the molecule is CN1C(=O)C2C(SCCN3CCCC3)=CC=NC2=[N+](C)C1=O. The van der Waals surface area contributed by atoms with Gasteiger partial charge in [0.1, 0.15) is 6.21 Å². The predicted octanol–water partition coefficient (Wildman–Crippen LogP) is 1.03. The number of thioether (sulfide) groups is 1. The first-order valence-electron chi connectivity index (χ1n) is 7.61. The minimum absolute atomic E-state index is 0.185. The van der Waals surface area contributed by atoms with E-state index in [2.05, 4.69) is 9.89 Å². The summed E-state index contributed by atoms with van der Waals surface area (Å²) in [7, 11) is 3.20. The molecule has 118 valence electrons. The van der Waals surface area contributed by atoms with Crippen LogP contribution in [0.2, 0.25) is 0 Å². The Morgan fingerprint density at radius 1 is 1.36 bits per heavy atom. The number of amidine groups is 1. The summed E-state index contributed by atoms with van der Waals surface area (Å²) in [6.45, 7) is 3.40. The van der Waals surface area contributed by atoms with Crippen molar-refractivity contribution in [1.82, 2.24) is 9.80 Å². The lowest BCUT2D eigenvalue weighted by Crippen LogP contribution is -2.52. The van der Waals surface area contributed by atoms with Crippen molar-refractivity contribution in [3.05, 3.63) is 11.0 Å². The number of fused-ring (bicyclic) bond motifs is 1. The van der Waals surface area contributed by atoms with Crippen LogP contribution in [-0.2, 0) is 4.79 Å². The van der Waals surface area contributed by atoms with Gasteiger partial charge in [0, 0.05) is 17.2 Å². The molecule has 3 aliphatic heterocycles. The number of dihydropyridines is 1. The monoisotopic (exact) mass is 321 g/mol. The van der Waals surface area contributed by atoms with Crippen molar-refractivity contribution in [2.24, 2.45) is 10.9 Å². The molecular formula is C15H21N4O2S+. The highest BCUT2D eigenvalue weighted by Crippen LogP contribution is 2.31. The molecule has 0 bridgehead atoms. The third-order valence-electron chi connectivity index (χ3n) is 4.36. The van der Waals surface area contributed by atoms with Crippen LogP contribution in [0.4, 0.5) is 4.79 Å². The number of imide groups is 1. The molecular weight excluding hydrogens is 300 g/mol. The van der Waals surface area contributed by atoms with Gasteiger partial charge in [0.15, 0.2) is 5.92 Å². The highest BCUT2D eigenvalue weighted by Gasteiger charge is 2.46. The van der Waals surface area contributed by atoms with E-state index in [1.165, 1.54) is 42.5 Å². The van der Waals surface area contributed by atoms with E-state index in [4.69, 9.17) is 0 Å². The summed E-state index contributed by atoms with van der Waals surface area (Å²) in [5, 5.41) is 0. The van der Waals surface area contributed by atoms with Crippen molar-refractivity contribution in [1.29, 1.82) is 0 Å². The molecule has 0 aromatic carbocycles. The van der Waals surface area contributed by atoms with Gasteiger partial charge in [-0.1, -0.05) is 0 Å². The Labute approximate surface area is 134 Å². The van der Waals surface area contributed by atoms with Crippen LogP contribution in [0, 0.1) is 5.92 Å². The molecule has 0 N–H and O–H groups in total. The van der Waals surface area contributed by atoms with E-state index in [1.807, 2.05) is 6.08 Å². The largest absolute Gasteiger partial charge is 0.445 e. The average Bonchev–Trinajstić information content (AvgIpc) is 3.04. The van der Waals surface area contributed by atoms with E-state index in [9.17, 15) is 9.59 Å².